The van der Waals surface area contributed by atoms with Crippen molar-refractivity contribution >= 4 is 5.78 Å². The van der Waals surface area contributed by atoms with Gasteiger partial charge in [-0.05, 0) is 31.8 Å². The van der Waals surface area contributed by atoms with Crippen LogP contribution in [0.2, 0.25) is 0 Å². The van der Waals surface area contributed by atoms with Crippen LogP contribution < -0.4 is 0 Å². The molecule has 0 N–H and O–H groups in total. The maximum absolute atomic E-state index is 11.2. The van der Waals surface area contributed by atoms with E-state index in [4.69, 9.17) is 0 Å². The minimum Gasteiger partial charge on any atom is -0.295 e. The zero-order chi connectivity index (χ0) is 8.27. The maximum Gasteiger partial charge on any atom is 0.159 e. The molecule has 0 aromatic heterocycles. The first-order valence-corrected chi connectivity index (χ1v) is 4.08. The Hall–Kier alpha value is -0.850. The number of carbonyl (C=O) groups is 1. The first kappa shape index (κ1) is 8.25. The number of rotatable bonds is 3. The van der Waals surface area contributed by atoms with E-state index >= 15 is 0 Å². The van der Waals surface area contributed by atoms with Crippen LogP contribution in [0.1, 0.15) is 32.6 Å². The highest BCUT2D eigenvalue weighted by Gasteiger charge is 2.18. The Kier molecular flexibility index (Phi) is 2.64. The number of hydrogen-bond acceptors (Lipinski definition) is 1. The summed E-state index contributed by atoms with van der Waals surface area (Å²) in [4.78, 5) is 11.2. The van der Waals surface area contributed by atoms with Crippen molar-refractivity contribution in [1.29, 1.82) is 0 Å². The van der Waals surface area contributed by atoms with E-state index in [0.29, 0.717) is 5.78 Å². The van der Waals surface area contributed by atoms with Crippen molar-refractivity contribution in [2.24, 2.45) is 0 Å². The van der Waals surface area contributed by atoms with Crippen LogP contribution in [0.15, 0.2) is 23.8 Å². The lowest BCUT2D eigenvalue weighted by Crippen LogP contribution is -1.95. The van der Waals surface area contributed by atoms with Gasteiger partial charge in [0, 0.05) is 6.42 Å². The molecule has 0 radical (unpaired) electrons. The molecule has 0 amide bonds. The fourth-order valence-electron chi connectivity index (χ4n) is 1.44. The summed E-state index contributed by atoms with van der Waals surface area (Å²) in [7, 11) is 0. The molecule has 60 valence electrons. The van der Waals surface area contributed by atoms with E-state index in [1.165, 1.54) is 5.57 Å². The predicted octanol–water partition coefficient (Wildman–Crippen LogP) is 2.63. The molecule has 0 aromatic rings. The summed E-state index contributed by atoms with van der Waals surface area (Å²) in [5.74, 6) is 0.351. The highest BCUT2D eigenvalue weighted by atomic mass is 16.1. The second-order valence-electron chi connectivity index (χ2n) is 3.01. The van der Waals surface area contributed by atoms with Gasteiger partial charge in [0.1, 0.15) is 0 Å². The summed E-state index contributed by atoms with van der Waals surface area (Å²) in [6, 6.07) is 0. The third kappa shape index (κ3) is 1.79. The van der Waals surface area contributed by atoms with Crippen molar-refractivity contribution in [2.75, 3.05) is 0 Å². The molecule has 1 nitrogen and oxygen atoms in total. The average molecular weight is 150 g/mol. The lowest BCUT2D eigenvalue weighted by molar-refractivity contribution is -0.115. The second-order valence-corrected chi connectivity index (χ2v) is 3.01. The largest absolute Gasteiger partial charge is 0.295 e. The van der Waals surface area contributed by atoms with Crippen LogP contribution >= 0.6 is 0 Å². The third-order valence-corrected chi connectivity index (χ3v) is 2.18. The van der Waals surface area contributed by atoms with Crippen molar-refractivity contribution in [3.8, 4) is 0 Å². The molecule has 0 saturated heterocycles. The van der Waals surface area contributed by atoms with Crippen LogP contribution in [0, 0.1) is 0 Å². The van der Waals surface area contributed by atoms with Crippen molar-refractivity contribution < 1.29 is 4.79 Å². The van der Waals surface area contributed by atoms with Gasteiger partial charge in [0.15, 0.2) is 5.78 Å². The van der Waals surface area contributed by atoms with Crippen LogP contribution in [-0.2, 0) is 4.79 Å². The third-order valence-electron chi connectivity index (χ3n) is 2.18. The van der Waals surface area contributed by atoms with Crippen LogP contribution in [0.3, 0.4) is 0 Å². The van der Waals surface area contributed by atoms with Gasteiger partial charge in [-0.25, -0.2) is 0 Å². The summed E-state index contributed by atoms with van der Waals surface area (Å²) in [5, 5.41) is 0. The van der Waals surface area contributed by atoms with Gasteiger partial charge in [0.25, 0.3) is 0 Å². The lowest BCUT2D eigenvalue weighted by atomic mass is 10.1. The van der Waals surface area contributed by atoms with Crippen molar-refractivity contribution in [1.82, 2.24) is 0 Å². The molecule has 0 spiro atoms. The summed E-state index contributed by atoms with van der Waals surface area (Å²) >= 11 is 0. The quantitative estimate of drug-likeness (QED) is 0.565. The maximum atomic E-state index is 11.2. The molecule has 0 aliphatic heterocycles. The molecule has 0 bridgehead atoms. The first-order valence-electron chi connectivity index (χ1n) is 4.08. The molecule has 1 heteroatoms. The van der Waals surface area contributed by atoms with Gasteiger partial charge in [-0.15, -0.1) is 6.58 Å². The van der Waals surface area contributed by atoms with Crippen LogP contribution in [0.25, 0.3) is 0 Å². The number of Topliss-reactive ketones (excluding diaryl/α,β-unsaturated/α-hetero) is 1. The SMILES string of the molecule is C=CCCC1=C(C)CCC1=O. The van der Waals surface area contributed by atoms with E-state index < -0.39 is 0 Å². The topological polar surface area (TPSA) is 17.1 Å². The highest BCUT2D eigenvalue weighted by Crippen LogP contribution is 2.25. The van der Waals surface area contributed by atoms with Gasteiger partial charge >= 0.3 is 0 Å². The van der Waals surface area contributed by atoms with E-state index in [2.05, 4.69) is 13.5 Å². The van der Waals surface area contributed by atoms with Gasteiger partial charge in [-0.3, -0.25) is 4.79 Å². The average Bonchev–Trinajstić information content (AvgIpc) is 2.29. The fourth-order valence-corrected chi connectivity index (χ4v) is 1.44. The number of carbonyl (C=O) groups excluding carboxylic acids is 1. The Morgan fingerprint density at radius 3 is 2.73 bits per heavy atom. The molecule has 0 aromatic carbocycles. The Bertz CT molecular complexity index is 211. The summed E-state index contributed by atoms with van der Waals surface area (Å²) < 4.78 is 0. The molecular weight excluding hydrogens is 136 g/mol. The van der Waals surface area contributed by atoms with E-state index in [9.17, 15) is 4.79 Å². The Morgan fingerprint density at radius 1 is 1.55 bits per heavy atom. The van der Waals surface area contributed by atoms with Gasteiger partial charge in [-0.1, -0.05) is 11.6 Å². The summed E-state index contributed by atoms with van der Waals surface area (Å²) in [6.45, 7) is 5.70. The molecular formula is C10H14O. The van der Waals surface area contributed by atoms with Gasteiger partial charge in [0.05, 0.1) is 0 Å². The second kappa shape index (κ2) is 3.51. The van der Waals surface area contributed by atoms with E-state index in [0.717, 1.165) is 31.3 Å². The molecule has 11 heavy (non-hydrogen) atoms. The minimum atomic E-state index is 0.351. The zero-order valence-corrected chi connectivity index (χ0v) is 7.02. The number of ketones is 1. The van der Waals surface area contributed by atoms with Gasteiger partial charge in [0.2, 0.25) is 0 Å². The van der Waals surface area contributed by atoms with Crippen LogP contribution in [-0.4, -0.2) is 5.78 Å². The van der Waals surface area contributed by atoms with Crippen LogP contribution in [0.4, 0.5) is 0 Å². The smallest absolute Gasteiger partial charge is 0.159 e. The molecule has 0 heterocycles. The molecule has 1 rings (SSSR count). The Labute approximate surface area is 67.8 Å². The Balaban J connectivity index is 2.59. The number of allylic oxidation sites excluding steroid dienone is 3. The van der Waals surface area contributed by atoms with E-state index in [1.807, 2.05) is 6.08 Å². The molecule has 0 saturated carbocycles. The Morgan fingerprint density at radius 2 is 2.27 bits per heavy atom. The van der Waals surface area contributed by atoms with E-state index in [1.54, 1.807) is 0 Å². The molecule has 0 fully saturated rings. The zero-order valence-electron chi connectivity index (χ0n) is 7.02. The normalized spacial score (nSPS) is 17.7. The molecule has 0 unspecified atom stereocenters. The minimum absolute atomic E-state index is 0.351. The first-order chi connectivity index (χ1) is 5.25. The lowest BCUT2D eigenvalue weighted by Gasteiger charge is -1.98. The van der Waals surface area contributed by atoms with E-state index in [-0.39, 0.29) is 0 Å². The van der Waals surface area contributed by atoms with Gasteiger partial charge in [-0.2, -0.15) is 0 Å². The molecule has 1 aliphatic carbocycles. The summed E-state index contributed by atoms with van der Waals surface area (Å²) in [6.07, 6.45) is 5.40. The molecule has 1 aliphatic rings. The fraction of sp³-hybridized carbons (Fsp3) is 0.500. The monoisotopic (exact) mass is 150 g/mol. The molecule has 0 atom stereocenters. The number of hydrogen-bond donors (Lipinski definition) is 0. The van der Waals surface area contributed by atoms with Crippen LogP contribution in [0.5, 0.6) is 0 Å². The van der Waals surface area contributed by atoms with Crippen molar-refractivity contribution in [3.63, 3.8) is 0 Å². The van der Waals surface area contributed by atoms with Crippen molar-refractivity contribution in [2.45, 2.75) is 32.6 Å². The highest BCUT2D eigenvalue weighted by molar-refractivity contribution is 5.98. The van der Waals surface area contributed by atoms with Crippen molar-refractivity contribution in [3.05, 3.63) is 23.8 Å². The van der Waals surface area contributed by atoms with Gasteiger partial charge < -0.3 is 0 Å². The summed E-state index contributed by atoms with van der Waals surface area (Å²) in [5.41, 5.74) is 2.35. The standard InChI is InChI=1S/C10H14O/c1-3-4-5-9-8(2)6-7-10(9)11/h3H,1,4-7H2,2H3. The predicted molar refractivity (Wildman–Crippen MR) is 46.4 cm³/mol.